The van der Waals surface area contributed by atoms with E-state index in [1.165, 1.54) is 0 Å². The molecule has 2 aliphatic rings. The van der Waals surface area contributed by atoms with Crippen molar-refractivity contribution < 1.29 is 24.2 Å². The van der Waals surface area contributed by atoms with E-state index in [4.69, 9.17) is 4.74 Å². The number of rotatable bonds is 7. The van der Waals surface area contributed by atoms with Gasteiger partial charge in [0, 0.05) is 12.0 Å². The largest absolute Gasteiger partial charge is 0.480 e. The van der Waals surface area contributed by atoms with Gasteiger partial charge in [-0.1, -0.05) is 68.3 Å². The van der Waals surface area contributed by atoms with Gasteiger partial charge in [0.15, 0.2) is 0 Å². The lowest BCUT2D eigenvalue weighted by Crippen LogP contribution is -2.51. The van der Waals surface area contributed by atoms with Crippen molar-refractivity contribution in [2.45, 2.75) is 57.0 Å². The van der Waals surface area contributed by atoms with Crippen LogP contribution in [0.3, 0.4) is 0 Å². The number of ether oxygens (including phenoxy) is 1. The number of carbonyl (C=O) groups is 3. The maximum absolute atomic E-state index is 12.7. The van der Waals surface area contributed by atoms with Crippen molar-refractivity contribution in [1.82, 2.24) is 10.6 Å². The average Bonchev–Trinajstić information content (AvgIpc) is 3.15. The number of aliphatic carboxylic acids is 1. The molecule has 0 radical (unpaired) electrons. The van der Waals surface area contributed by atoms with Crippen LogP contribution < -0.4 is 10.6 Å². The Labute approximate surface area is 193 Å². The van der Waals surface area contributed by atoms with Crippen molar-refractivity contribution in [1.29, 1.82) is 0 Å². The summed E-state index contributed by atoms with van der Waals surface area (Å²) in [6.45, 7) is 1.92. The smallest absolute Gasteiger partial charge is 0.407 e. The first-order valence-electron chi connectivity index (χ1n) is 11.6. The van der Waals surface area contributed by atoms with Gasteiger partial charge >= 0.3 is 12.1 Å². The Bertz CT molecular complexity index is 991. The van der Waals surface area contributed by atoms with Crippen LogP contribution in [0.1, 0.15) is 56.1 Å². The van der Waals surface area contributed by atoms with Crippen molar-refractivity contribution in [3.05, 3.63) is 59.7 Å². The SMILES string of the molecule is CC[C@@H](NC(=O)[C@@H]1CCCC[C@@H]1NC(=O)OCC1c2ccccc2-c2ccccc21)C(=O)O. The summed E-state index contributed by atoms with van der Waals surface area (Å²) < 4.78 is 5.64. The molecule has 1 fully saturated rings. The zero-order valence-electron chi connectivity index (χ0n) is 18.8. The van der Waals surface area contributed by atoms with E-state index in [-0.39, 0.29) is 24.5 Å². The summed E-state index contributed by atoms with van der Waals surface area (Å²) in [6, 6.07) is 15.0. The summed E-state index contributed by atoms with van der Waals surface area (Å²) in [5.74, 6) is -1.88. The molecule has 0 heterocycles. The molecule has 1 saturated carbocycles. The molecule has 2 aromatic carbocycles. The molecule has 3 atom stereocenters. The number of benzene rings is 2. The molecule has 0 aromatic heterocycles. The number of hydrogen-bond acceptors (Lipinski definition) is 4. The van der Waals surface area contributed by atoms with Crippen LogP contribution in [0.4, 0.5) is 4.79 Å². The van der Waals surface area contributed by atoms with Crippen LogP contribution in [0.25, 0.3) is 11.1 Å². The summed E-state index contributed by atoms with van der Waals surface area (Å²) in [5, 5.41) is 14.7. The highest BCUT2D eigenvalue weighted by molar-refractivity contribution is 5.86. The Morgan fingerprint density at radius 1 is 1.00 bits per heavy atom. The molecule has 33 heavy (non-hydrogen) atoms. The van der Waals surface area contributed by atoms with Gasteiger partial charge in [-0.2, -0.15) is 0 Å². The van der Waals surface area contributed by atoms with Crippen LogP contribution >= 0.6 is 0 Å². The molecule has 3 N–H and O–H groups in total. The van der Waals surface area contributed by atoms with E-state index in [0.717, 1.165) is 35.1 Å². The molecule has 2 amide bonds. The van der Waals surface area contributed by atoms with Gasteiger partial charge in [0.25, 0.3) is 0 Å². The van der Waals surface area contributed by atoms with Crippen LogP contribution in [-0.4, -0.2) is 41.8 Å². The number of nitrogens with one attached hydrogen (secondary N) is 2. The Morgan fingerprint density at radius 3 is 2.21 bits per heavy atom. The molecule has 7 heteroatoms. The number of alkyl carbamates (subject to hydrolysis) is 1. The fraction of sp³-hybridized carbons (Fsp3) is 0.423. The van der Waals surface area contributed by atoms with Crippen molar-refractivity contribution in [3.8, 4) is 11.1 Å². The van der Waals surface area contributed by atoms with Gasteiger partial charge in [0.2, 0.25) is 5.91 Å². The molecule has 4 rings (SSSR count). The molecule has 2 aliphatic carbocycles. The first-order valence-corrected chi connectivity index (χ1v) is 11.6. The monoisotopic (exact) mass is 450 g/mol. The third-order valence-corrected chi connectivity index (χ3v) is 6.77. The molecule has 0 unspecified atom stereocenters. The Balaban J connectivity index is 1.39. The van der Waals surface area contributed by atoms with Crippen molar-refractivity contribution in [2.24, 2.45) is 5.92 Å². The molecule has 0 bridgehead atoms. The maximum Gasteiger partial charge on any atom is 0.407 e. The Morgan fingerprint density at radius 2 is 1.61 bits per heavy atom. The van der Waals surface area contributed by atoms with Gasteiger partial charge in [-0.05, 0) is 41.5 Å². The highest BCUT2D eigenvalue weighted by atomic mass is 16.5. The standard InChI is InChI=1S/C26H30N2O5/c1-2-22(25(30)31)27-24(29)20-13-7-8-14-23(20)28-26(32)33-15-21-18-11-5-3-9-16(18)17-10-4-6-12-19(17)21/h3-6,9-12,20-23H,2,7-8,13-15H2,1H3,(H,27,29)(H,28,32)(H,30,31)/t20-,22-,23+/m1/s1. The van der Waals surface area contributed by atoms with Crippen molar-refractivity contribution in [2.75, 3.05) is 6.61 Å². The molecule has 0 aliphatic heterocycles. The predicted octanol–water partition coefficient (Wildman–Crippen LogP) is 4.06. The summed E-state index contributed by atoms with van der Waals surface area (Å²) in [4.78, 5) is 36.7. The Kier molecular flexibility index (Phi) is 6.96. The second-order valence-corrected chi connectivity index (χ2v) is 8.77. The van der Waals surface area contributed by atoms with E-state index in [1.54, 1.807) is 6.92 Å². The van der Waals surface area contributed by atoms with Gasteiger partial charge in [0.1, 0.15) is 12.6 Å². The number of carboxylic acids is 1. The number of carboxylic acid groups (broad SMARTS) is 1. The van der Waals surface area contributed by atoms with Crippen LogP contribution in [0, 0.1) is 5.92 Å². The normalized spacial score (nSPS) is 20.3. The molecule has 174 valence electrons. The van der Waals surface area contributed by atoms with E-state index in [0.29, 0.717) is 19.3 Å². The summed E-state index contributed by atoms with van der Waals surface area (Å²) in [5.41, 5.74) is 4.60. The second-order valence-electron chi connectivity index (χ2n) is 8.77. The third-order valence-electron chi connectivity index (χ3n) is 6.77. The zero-order valence-corrected chi connectivity index (χ0v) is 18.8. The quantitative estimate of drug-likeness (QED) is 0.590. The lowest BCUT2D eigenvalue weighted by molar-refractivity contribution is -0.143. The summed E-state index contributed by atoms with van der Waals surface area (Å²) in [7, 11) is 0. The van der Waals surface area contributed by atoms with E-state index in [9.17, 15) is 19.5 Å². The third kappa shape index (κ3) is 4.87. The summed E-state index contributed by atoms with van der Waals surface area (Å²) >= 11 is 0. The summed E-state index contributed by atoms with van der Waals surface area (Å²) in [6.07, 6.45) is 2.78. The number of amides is 2. The lowest BCUT2D eigenvalue weighted by Gasteiger charge is -2.31. The van der Waals surface area contributed by atoms with E-state index in [2.05, 4.69) is 34.9 Å². The van der Waals surface area contributed by atoms with E-state index >= 15 is 0 Å². The maximum atomic E-state index is 12.7. The van der Waals surface area contributed by atoms with Crippen LogP contribution in [0.15, 0.2) is 48.5 Å². The number of carbonyl (C=O) groups excluding carboxylic acids is 2. The van der Waals surface area contributed by atoms with Crippen LogP contribution in [-0.2, 0) is 14.3 Å². The van der Waals surface area contributed by atoms with Crippen molar-refractivity contribution >= 4 is 18.0 Å². The predicted molar refractivity (Wildman–Crippen MR) is 124 cm³/mol. The van der Waals surface area contributed by atoms with Crippen LogP contribution in [0.2, 0.25) is 0 Å². The van der Waals surface area contributed by atoms with Crippen LogP contribution in [0.5, 0.6) is 0 Å². The molecular formula is C26H30N2O5. The number of fused-ring (bicyclic) bond motifs is 3. The number of hydrogen-bond donors (Lipinski definition) is 3. The molecule has 2 aromatic rings. The topological polar surface area (TPSA) is 105 Å². The van der Waals surface area contributed by atoms with Gasteiger partial charge in [-0.3, -0.25) is 4.79 Å². The molecule has 7 nitrogen and oxygen atoms in total. The fourth-order valence-corrected chi connectivity index (χ4v) is 5.03. The molecular weight excluding hydrogens is 420 g/mol. The highest BCUT2D eigenvalue weighted by Gasteiger charge is 2.35. The average molecular weight is 451 g/mol. The molecule has 0 saturated heterocycles. The fourth-order valence-electron chi connectivity index (χ4n) is 5.03. The second kappa shape index (κ2) is 10.1. The minimum Gasteiger partial charge on any atom is -0.480 e. The Hall–Kier alpha value is -3.35. The van der Waals surface area contributed by atoms with Gasteiger partial charge in [-0.15, -0.1) is 0 Å². The highest BCUT2D eigenvalue weighted by Crippen LogP contribution is 2.44. The van der Waals surface area contributed by atoms with Gasteiger partial charge in [-0.25, -0.2) is 9.59 Å². The minimum atomic E-state index is -1.05. The minimum absolute atomic E-state index is 0.0329. The van der Waals surface area contributed by atoms with E-state index < -0.39 is 24.0 Å². The first-order chi connectivity index (χ1) is 16.0. The molecule has 0 spiro atoms. The zero-order chi connectivity index (χ0) is 23.4. The van der Waals surface area contributed by atoms with Gasteiger partial charge < -0.3 is 20.5 Å². The lowest BCUT2D eigenvalue weighted by atomic mass is 9.83. The first kappa shape index (κ1) is 22.8. The van der Waals surface area contributed by atoms with Crippen molar-refractivity contribution in [3.63, 3.8) is 0 Å². The van der Waals surface area contributed by atoms with Gasteiger partial charge in [0.05, 0.1) is 5.92 Å². The van der Waals surface area contributed by atoms with E-state index in [1.807, 2.05) is 24.3 Å².